The van der Waals surface area contributed by atoms with Crippen LogP contribution in [0.2, 0.25) is 0 Å². The Morgan fingerprint density at radius 2 is 1.17 bits per heavy atom. The van der Waals surface area contributed by atoms with E-state index in [1.807, 2.05) is 0 Å². The number of nitrogens with one attached hydrogen (secondary N) is 1. The minimum absolute atomic E-state index is 1.13. The molecule has 0 saturated carbocycles. The highest BCUT2D eigenvalue weighted by Crippen LogP contribution is 2.10. The van der Waals surface area contributed by atoms with Crippen molar-refractivity contribution in [2.75, 3.05) is 33.7 Å². The highest BCUT2D eigenvalue weighted by atomic mass is 15.1. The van der Waals surface area contributed by atoms with Crippen molar-refractivity contribution < 1.29 is 0 Å². The van der Waals surface area contributed by atoms with Crippen LogP contribution in [0.3, 0.4) is 0 Å². The Labute approximate surface area is 116 Å². The van der Waals surface area contributed by atoms with Crippen LogP contribution in [0.5, 0.6) is 0 Å². The van der Waals surface area contributed by atoms with Crippen LogP contribution in [0.15, 0.2) is 0 Å². The number of rotatable bonds is 14. The second-order valence-corrected chi connectivity index (χ2v) is 5.74. The molecule has 0 radical (unpaired) electrons. The summed E-state index contributed by atoms with van der Waals surface area (Å²) in [6.45, 7) is 5.76. The Bertz CT molecular complexity index is 146. The molecule has 0 heterocycles. The number of likely N-dealkylation sites (N-methyl/N-ethyl adjacent to an activating group) is 1. The van der Waals surface area contributed by atoms with Gasteiger partial charge in [0.25, 0.3) is 0 Å². The van der Waals surface area contributed by atoms with Crippen LogP contribution in [0.25, 0.3) is 0 Å². The van der Waals surface area contributed by atoms with Gasteiger partial charge in [0, 0.05) is 13.1 Å². The van der Waals surface area contributed by atoms with Gasteiger partial charge in [-0.05, 0) is 27.1 Å². The molecule has 0 aromatic heterocycles. The maximum atomic E-state index is 3.50. The molecule has 0 aliphatic carbocycles. The molecule has 0 amide bonds. The molecule has 0 atom stereocenters. The molecule has 0 aliphatic rings. The zero-order valence-corrected chi connectivity index (χ0v) is 13.1. The second-order valence-electron chi connectivity index (χ2n) is 5.74. The van der Waals surface area contributed by atoms with E-state index in [1.54, 1.807) is 0 Å². The third-order valence-corrected chi connectivity index (χ3v) is 3.44. The molecule has 0 saturated heterocycles. The predicted octanol–water partition coefficient (Wildman–Crippen LogP) is 4.06. The van der Waals surface area contributed by atoms with E-state index in [0.717, 1.165) is 13.1 Å². The Hall–Kier alpha value is -0.0800. The average molecular weight is 256 g/mol. The van der Waals surface area contributed by atoms with E-state index in [1.165, 1.54) is 70.8 Å². The Kier molecular flexibility index (Phi) is 14.9. The first-order valence-electron chi connectivity index (χ1n) is 8.12. The highest BCUT2D eigenvalue weighted by Gasteiger charge is 1.93. The van der Waals surface area contributed by atoms with E-state index in [-0.39, 0.29) is 0 Å². The zero-order chi connectivity index (χ0) is 13.5. The SMILES string of the molecule is CCCCCCCCCCCCNCCN(C)C. The second kappa shape index (κ2) is 15.0. The third-order valence-electron chi connectivity index (χ3n) is 3.44. The van der Waals surface area contributed by atoms with Gasteiger partial charge >= 0.3 is 0 Å². The van der Waals surface area contributed by atoms with Crippen LogP contribution in [-0.2, 0) is 0 Å². The van der Waals surface area contributed by atoms with Crippen molar-refractivity contribution in [3.8, 4) is 0 Å². The summed E-state index contributed by atoms with van der Waals surface area (Å²) < 4.78 is 0. The largest absolute Gasteiger partial charge is 0.315 e. The van der Waals surface area contributed by atoms with Crippen LogP contribution in [-0.4, -0.2) is 38.6 Å². The highest BCUT2D eigenvalue weighted by molar-refractivity contribution is 4.52. The molecule has 0 aliphatic heterocycles. The lowest BCUT2D eigenvalue weighted by Crippen LogP contribution is -2.27. The Morgan fingerprint density at radius 3 is 1.67 bits per heavy atom. The molecule has 0 rings (SSSR count). The predicted molar refractivity (Wildman–Crippen MR) is 83.3 cm³/mol. The van der Waals surface area contributed by atoms with E-state index >= 15 is 0 Å². The summed E-state index contributed by atoms with van der Waals surface area (Å²) in [5.41, 5.74) is 0. The first-order chi connectivity index (χ1) is 8.77. The van der Waals surface area contributed by atoms with Crippen LogP contribution < -0.4 is 5.32 Å². The zero-order valence-electron chi connectivity index (χ0n) is 13.1. The number of hydrogen-bond donors (Lipinski definition) is 1. The maximum absolute atomic E-state index is 3.50. The van der Waals surface area contributed by atoms with E-state index in [2.05, 4.69) is 31.2 Å². The van der Waals surface area contributed by atoms with Gasteiger partial charge in [0.15, 0.2) is 0 Å². The molecular formula is C16H36N2. The van der Waals surface area contributed by atoms with Gasteiger partial charge in [-0.3, -0.25) is 0 Å². The molecule has 0 spiro atoms. The van der Waals surface area contributed by atoms with Crippen LogP contribution >= 0.6 is 0 Å². The van der Waals surface area contributed by atoms with Gasteiger partial charge in [0.05, 0.1) is 0 Å². The summed E-state index contributed by atoms with van der Waals surface area (Å²) in [6.07, 6.45) is 14.3. The Balaban J connectivity index is 2.90. The van der Waals surface area contributed by atoms with Crippen LogP contribution in [0, 0.1) is 0 Å². The summed E-state index contributed by atoms with van der Waals surface area (Å²) in [5, 5.41) is 3.50. The molecule has 1 N–H and O–H groups in total. The van der Waals surface area contributed by atoms with Crippen molar-refractivity contribution in [1.82, 2.24) is 10.2 Å². The average Bonchev–Trinajstić information content (AvgIpc) is 2.34. The molecule has 0 aromatic carbocycles. The molecule has 2 heteroatoms. The fourth-order valence-electron chi connectivity index (χ4n) is 2.17. The minimum atomic E-state index is 1.13. The first kappa shape index (κ1) is 17.9. The van der Waals surface area contributed by atoms with Gasteiger partial charge < -0.3 is 10.2 Å². The number of nitrogens with zero attached hydrogens (tertiary/aromatic N) is 1. The molecule has 0 fully saturated rings. The van der Waals surface area contributed by atoms with Crippen LogP contribution in [0.4, 0.5) is 0 Å². The molecule has 0 aromatic rings. The summed E-state index contributed by atoms with van der Waals surface area (Å²) in [6, 6.07) is 0. The fraction of sp³-hybridized carbons (Fsp3) is 1.00. The fourth-order valence-corrected chi connectivity index (χ4v) is 2.17. The van der Waals surface area contributed by atoms with Gasteiger partial charge in [0.2, 0.25) is 0 Å². The maximum Gasteiger partial charge on any atom is 0.0101 e. The van der Waals surface area contributed by atoms with Gasteiger partial charge in [-0.25, -0.2) is 0 Å². The van der Waals surface area contributed by atoms with Gasteiger partial charge in [-0.1, -0.05) is 64.7 Å². The van der Waals surface area contributed by atoms with Crippen molar-refractivity contribution in [2.24, 2.45) is 0 Å². The normalized spacial score (nSPS) is 11.3. The van der Waals surface area contributed by atoms with Gasteiger partial charge in [-0.2, -0.15) is 0 Å². The van der Waals surface area contributed by atoms with E-state index < -0.39 is 0 Å². The quantitative estimate of drug-likeness (QED) is 0.472. The topological polar surface area (TPSA) is 15.3 Å². The van der Waals surface area contributed by atoms with Gasteiger partial charge in [0.1, 0.15) is 0 Å². The molecule has 110 valence electrons. The standard InChI is InChI=1S/C16H36N2/c1-4-5-6-7-8-9-10-11-12-13-14-17-15-16-18(2)3/h17H,4-16H2,1-3H3. The van der Waals surface area contributed by atoms with E-state index in [9.17, 15) is 0 Å². The molecule has 2 nitrogen and oxygen atoms in total. The summed E-state index contributed by atoms with van der Waals surface area (Å²) in [4.78, 5) is 2.23. The lowest BCUT2D eigenvalue weighted by atomic mass is 10.1. The lowest BCUT2D eigenvalue weighted by molar-refractivity contribution is 0.398. The number of hydrogen-bond acceptors (Lipinski definition) is 2. The lowest BCUT2D eigenvalue weighted by Gasteiger charge is -2.10. The van der Waals surface area contributed by atoms with Crippen molar-refractivity contribution >= 4 is 0 Å². The molecule has 0 unspecified atom stereocenters. The molecule has 0 bridgehead atoms. The van der Waals surface area contributed by atoms with E-state index in [4.69, 9.17) is 0 Å². The van der Waals surface area contributed by atoms with E-state index in [0.29, 0.717) is 0 Å². The van der Waals surface area contributed by atoms with Crippen molar-refractivity contribution in [2.45, 2.75) is 71.1 Å². The van der Waals surface area contributed by atoms with Crippen molar-refractivity contribution in [3.63, 3.8) is 0 Å². The first-order valence-corrected chi connectivity index (χ1v) is 8.12. The summed E-state index contributed by atoms with van der Waals surface area (Å²) in [5.74, 6) is 0. The monoisotopic (exact) mass is 256 g/mol. The smallest absolute Gasteiger partial charge is 0.0101 e. The molecule has 18 heavy (non-hydrogen) atoms. The Morgan fingerprint density at radius 1 is 0.667 bits per heavy atom. The minimum Gasteiger partial charge on any atom is -0.315 e. The van der Waals surface area contributed by atoms with Crippen molar-refractivity contribution in [3.05, 3.63) is 0 Å². The molecular weight excluding hydrogens is 220 g/mol. The number of unbranched alkanes of at least 4 members (excludes halogenated alkanes) is 9. The van der Waals surface area contributed by atoms with Gasteiger partial charge in [-0.15, -0.1) is 0 Å². The summed E-state index contributed by atoms with van der Waals surface area (Å²) >= 11 is 0. The summed E-state index contributed by atoms with van der Waals surface area (Å²) in [7, 11) is 4.25. The third kappa shape index (κ3) is 15.9. The van der Waals surface area contributed by atoms with Crippen LogP contribution in [0.1, 0.15) is 71.1 Å². The van der Waals surface area contributed by atoms with Crippen molar-refractivity contribution in [1.29, 1.82) is 0 Å².